The van der Waals surface area contributed by atoms with Gasteiger partial charge in [0, 0.05) is 22.7 Å². The average molecular weight is 332 g/mol. The number of pyridine rings is 1. The van der Waals surface area contributed by atoms with E-state index in [1.165, 1.54) is 6.07 Å². The SMILES string of the molecule is Cl.Nc1cc(C2CCNCC2)nc2c(C(F)(F)F)cccc12. The lowest BCUT2D eigenvalue weighted by atomic mass is 9.93. The Balaban J connectivity index is 0.00000176. The van der Waals surface area contributed by atoms with Crippen LogP contribution in [0.3, 0.4) is 0 Å². The number of aromatic nitrogens is 1. The van der Waals surface area contributed by atoms with Gasteiger partial charge in [-0.05, 0) is 38.1 Å². The Morgan fingerprint density at radius 2 is 1.86 bits per heavy atom. The van der Waals surface area contributed by atoms with Gasteiger partial charge in [0.05, 0.1) is 11.1 Å². The fourth-order valence-electron chi connectivity index (χ4n) is 2.85. The van der Waals surface area contributed by atoms with Gasteiger partial charge in [-0.1, -0.05) is 12.1 Å². The van der Waals surface area contributed by atoms with Gasteiger partial charge in [-0.15, -0.1) is 12.4 Å². The second-order valence-corrected chi connectivity index (χ2v) is 5.36. The molecule has 1 aliphatic rings. The fraction of sp³-hybridized carbons (Fsp3) is 0.400. The summed E-state index contributed by atoms with van der Waals surface area (Å²) in [5.74, 6) is 0.166. The molecule has 2 aromatic rings. The van der Waals surface area contributed by atoms with Gasteiger partial charge in [0.25, 0.3) is 0 Å². The van der Waals surface area contributed by atoms with Crippen molar-refractivity contribution < 1.29 is 13.2 Å². The number of nitrogens with one attached hydrogen (secondary N) is 1. The lowest BCUT2D eigenvalue weighted by Crippen LogP contribution is -2.27. The molecule has 2 heterocycles. The van der Waals surface area contributed by atoms with Crippen LogP contribution in [0.5, 0.6) is 0 Å². The van der Waals surface area contributed by atoms with Crippen LogP contribution in [0.25, 0.3) is 10.9 Å². The summed E-state index contributed by atoms with van der Waals surface area (Å²) in [7, 11) is 0. The second kappa shape index (κ2) is 6.30. The number of hydrogen-bond donors (Lipinski definition) is 2. The first-order valence-corrected chi connectivity index (χ1v) is 6.94. The molecular formula is C15H17ClF3N3. The summed E-state index contributed by atoms with van der Waals surface area (Å²) in [5, 5.41) is 3.60. The largest absolute Gasteiger partial charge is 0.418 e. The molecule has 0 radical (unpaired) electrons. The molecule has 0 bridgehead atoms. The number of anilines is 1. The Morgan fingerprint density at radius 3 is 2.50 bits per heavy atom. The van der Waals surface area contributed by atoms with Crippen molar-refractivity contribution in [1.29, 1.82) is 0 Å². The summed E-state index contributed by atoms with van der Waals surface area (Å²) >= 11 is 0. The molecular weight excluding hydrogens is 315 g/mol. The van der Waals surface area contributed by atoms with E-state index in [2.05, 4.69) is 10.3 Å². The third-order valence-corrected chi connectivity index (χ3v) is 3.95. The molecule has 1 fully saturated rings. The van der Waals surface area contributed by atoms with E-state index in [1.54, 1.807) is 12.1 Å². The first-order valence-electron chi connectivity index (χ1n) is 6.94. The van der Waals surface area contributed by atoms with Crippen molar-refractivity contribution in [3.63, 3.8) is 0 Å². The number of piperidine rings is 1. The number of halogens is 4. The van der Waals surface area contributed by atoms with Crippen molar-refractivity contribution in [3.8, 4) is 0 Å². The predicted molar refractivity (Wildman–Crippen MR) is 83.3 cm³/mol. The molecule has 3 N–H and O–H groups in total. The maximum atomic E-state index is 13.1. The number of fused-ring (bicyclic) bond motifs is 1. The van der Waals surface area contributed by atoms with Crippen molar-refractivity contribution in [2.24, 2.45) is 0 Å². The third kappa shape index (κ3) is 3.13. The molecule has 0 aliphatic carbocycles. The molecule has 0 spiro atoms. The zero-order chi connectivity index (χ0) is 15.0. The minimum atomic E-state index is -4.42. The molecule has 1 aromatic carbocycles. The first-order chi connectivity index (χ1) is 9.97. The van der Waals surface area contributed by atoms with Crippen LogP contribution in [-0.4, -0.2) is 18.1 Å². The van der Waals surface area contributed by atoms with E-state index in [-0.39, 0.29) is 23.8 Å². The van der Waals surface area contributed by atoms with Crippen molar-refractivity contribution in [1.82, 2.24) is 10.3 Å². The van der Waals surface area contributed by atoms with E-state index < -0.39 is 11.7 Å². The van der Waals surface area contributed by atoms with E-state index >= 15 is 0 Å². The van der Waals surface area contributed by atoms with E-state index in [0.717, 1.165) is 32.0 Å². The molecule has 3 nitrogen and oxygen atoms in total. The van der Waals surface area contributed by atoms with E-state index in [9.17, 15) is 13.2 Å². The lowest BCUT2D eigenvalue weighted by molar-refractivity contribution is -0.136. The van der Waals surface area contributed by atoms with E-state index in [0.29, 0.717) is 16.8 Å². The van der Waals surface area contributed by atoms with Crippen molar-refractivity contribution >= 4 is 29.0 Å². The van der Waals surface area contributed by atoms with Crippen LogP contribution in [0.2, 0.25) is 0 Å². The van der Waals surface area contributed by atoms with Crippen LogP contribution < -0.4 is 11.1 Å². The third-order valence-electron chi connectivity index (χ3n) is 3.95. The summed E-state index contributed by atoms with van der Waals surface area (Å²) in [6, 6.07) is 5.73. The topological polar surface area (TPSA) is 50.9 Å². The molecule has 0 amide bonds. The van der Waals surface area contributed by atoms with Crippen LogP contribution in [0.1, 0.15) is 30.0 Å². The van der Waals surface area contributed by atoms with Crippen LogP contribution in [-0.2, 0) is 6.18 Å². The van der Waals surface area contributed by atoms with Gasteiger partial charge in [0.15, 0.2) is 0 Å². The Morgan fingerprint density at radius 1 is 1.18 bits per heavy atom. The summed E-state index contributed by atoms with van der Waals surface area (Å²) in [5.41, 5.74) is 6.22. The van der Waals surface area contributed by atoms with Crippen molar-refractivity contribution in [2.75, 3.05) is 18.8 Å². The highest BCUT2D eigenvalue weighted by atomic mass is 35.5. The van der Waals surface area contributed by atoms with Crippen LogP contribution in [0.15, 0.2) is 24.3 Å². The Hall–Kier alpha value is -1.53. The molecule has 1 aromatic heterocycles. The maximum Gasteiger partial charge on any atom is 0.418 e. The molecule has 0 unspecified atom stereocenters. The number of nitrogens with zero attached hydrogens (tertiary/aromatic N) is 1. The summed E-state index contributed by atoms with van der Waals surface area (Å²) in [4.78, 5) is 4.30. The fourth-order valence-corrected chi connectivity index (χ4v) is 2.85. The Kier molecular flexibility index (Phi) is 4.82. The zero-order valence-corrected chi connectivity index (χ0v) is 12.6. The van der Waals surface area contributed by atoms with Crippen molar-refractivity contribution in [3.05, 3.63) is 35.5 Å². The lowest BCUT2D eigenvalue weighted by Gasteiger charge is -2.23. The minimum absolute atomic E-state index is 0. The quantitative estimate of drug-likeness (QED) is 0.837. The van der Waals surface area contributed by atoms with Gasteiger partial charge in [-0.2, -0.15) is 13.2 Å². The number of para-hydroxylation sites is 1. The number of nitrogen functional groups attached to an aromatic ring is 1. The maximum absolute atomic E-state index is 13.1. The van der Waals surface area contributed by atoms with Gasteiger partial charge in [-0.3, -0.25) is 4.98 Å². The van der Waals surface area contributed by atoms with Crippen LogP contribution in [0, 0.1) is 0 Å². The summed E-state index contributed by atoms with van der Waals surface area (Å²) in [6.45, 7) is 1.70. The minimum Gasteiger partial charge on any atom is -0.398 e. The molecule has 1 aliphatic heterocycles. The summed E-state index contributed by atoms with van der Waals surface area (Å²) in [6.07, 6.45) is -2.69. The number of nitrogens with two attached hydrogens (primary N) is 1. The van der Waals surface area contributed by atoms with E-state index in [4.69, 9.17) is 5.73 Å². The molecule has 1 saturated heterocycles. The second-order valence-electron chi connectivity index (χ2n) is 5.36. The number of hydrogen-bond acceptors (Lipinski definition) is 3. The van der Waals surface area contributed by atoms with Gasteiger partial charge in [0.1, 0.15) is 0 Å². The van der Waals surface area contributed by atoms with E-state index in [1.807, 2.05) is 0 Å². The highest BCUT2D eigenvalue weighted by Crippen LogP contribution is 2.37. The zero-order valence-electron chi connectivity index (χ0n) is 11.8. The average Bonchev–Trinajstić information content (AvgIpc) is 2.46. The molecule has 22 heavy (non-hydrogen) atoms. The smallest absolute Gasteiger partial charge is 0.398 e. The first kappa shape index (κ1) is 16.8. The van der Waals surface area contributed by atoms with Gasteiger partial charge >= 0.3 is 6.18 Å². The highest BCUT2D eigenvalue weighted by molar-refractivity contribution is 5.92. The molecule has 120 valence electrons. The Labute approximate surface area is 132 Å². The van der Waals surface area contributed by atoms with Crippen LogP contribution in [0.4, 0.5) is 18.9 Å². The standard InChI is InChI=1S/C15H16F3N3.ClH/c16-15(17,18)11-3-1-2-10-12(19)8-13(21-14(10)11)9-4-6-20-7-5-9;/h1-3,8-9,20H,4-7H2,(H2,19,21);1H. The molecule has 3 rings (SSSR count). The molecule has 0 atom stereocenters. The normalized spacial score (nSPS) is 16.5. The highest BCUT2D eigenvalue weighted by Gasteiger charge is 2.33. The van der Waals surface area contributed by atoms with Crippen molar-refractivity contribution in [2.45, 2.75) is 24.9 Å². The van der Waals surface area contributed by atoms with Gasteiger partial charge in [-0.25, -0.2) is 0 Å². The van der Waals surface area contributed by atoms with Crippen LogP contribution >= 0.6 is 12.4 Å². The molecule has 0 saturated carbocycles. The Bertz CT molecular complexity index is 667. The summed E-state index contributed by atoms with van der Waals surface area (Å²) < 4.78 is 39.4. The van der Waals surface area contributed by atoms with Gasteiger partial charge < -0.3 is 11.1 Å². The predicted octanol–water partition coefficient (Wildman–Crippen LogP) is 3.72. The number of alkyl halides is 3. The number of benzene rings is 1. The molecule has 7 heteroatoms. The van der Waals surface area contributed by atoms with Gasteiger partial charge in [0.2, 0.25) is 0 Å². The number of rotatable bonds is 1. The monoisotopic (exact) mass is 331 g/mol.